The van der Waals surface area contributed by atoms with Crippen LogP contribution < -0.4 is 5.32 Å². The lowest BCUT2D eigenvalue weighted by atomic mass is 10.0. The summed E-state index contributed by atoms with van der Waals surface area (Å²) >= 11 is 0. The maximum absolute atomic E-state index is 13.5. The standard InChI is InChI=1S/C27H28N6O2/c34-25-18-32(13-11-28-25)27(35)26-22-17-31(16-21-14-20-8-4-5-9-23(20)29-21)12-10-24(22)33(30-26)15-19-6-2-1-3-7-19/h1-9,14,29H,10-13,15-18H2,(H,28,34). The summed E-state index contributed by atoms with van der Waals surface area (Å²) in [5.41, 5.74) is 6.02. The molecule has 2 aromatic carbocycles. The number of hydrogen-bond acceptors (Lipinski definition) is 4. The van der Waals surface area contributed by atoms with Gasteiger partial charge in [-0.3, -0.25) is 19.2 Å². The van der Waals surface area contributed by atoms with Crippen LogP contribution >= 0.6 is 0 Å². The van der Waals surface area contributed by atoms with Crippen molar-refractivity contribution in [2.75, 3.05) is 26.2 Å². The predicted octanol–water partition coefficient (Wildman–Crippen LogP) is 2.54. The molecule has 4 aromatic rings. The largest absolute Gasteiger partial charge is 0.357 e. The van der Waals surface area contributed by atoms with E-state index in [1.165, 1.54) is 5.39 Å². The highest BCUT2D eigenvalue weighted by Gasteiger charge is 2.32. The van der Waals surface area contributed by atoms with E-state index in [1.807, 2.05) is 35.0 Å². The molecule has 0 bridgehead atoms. The average molecular weight is 469 g/mol. The number of fused-ring (bicyclic) bond motifs is 2. The molecule has 8 heteroatoms. The highest BCUT2D eigenvalue weighted by Crippen LogP contribution is 2.26. The van der Waals surface area contributed by atoms with Crippen LogP contribution in [0.4, 0.5) is 0 Å². The maximum Gasteiger partial charge on any atom is 0.275 e. The highest BCUT2D eigenvalue weighted by molar-refractivity contribution is 5.97. The Morgan fingerprint density at radius 2 is 1.80 bits per heavy atom. The molecule has 0 atom stereocenters. The van der Waals surface area contributed by atoms with Crippen LogP contribution in [0.1, 0.15) is 33.0 Å². The van der Waals surface area contributed by atoms with Crippen molar-refractivity contribution in [1.29, 1.82) is 0 Å². The maximum atomic E-state index is 13.5. The Hall–Kier alpha value is -3.91. The molecule has 35 heavy (non-hydrogen) atoms. The van der Waals surface area contributed by atoms with Crippen LogP contribution in [0.3, 0.4) is 0 Å². The van der Waals surface area contributed by atoms with E-state index in [4.69, 9.17) is 5.10 Å². The van der Waals surface area contributed by atoms with Crippen LogP contribution in [-0.2, 0) is 30.8 Å². The van der Waals surface area contributed by atoms with Crippen molar-refractivity contribution in [3.8, 4) is 0 Å². The van der Waals surface area contributed by atoms with Gasteiger partial charge in [0.15, 0.2) is 5.69 Å². The van der Waals surface area contributed by atoms with Crippen molar-refractivity contribution in [1.82, 2.24) is 29.9 Å². The Morgan fingerprint density at radius 1 is 0.971 bits per heavy atom. The Labute approximate surface area is 203 Å². The minimum Gasteiger partial charge on any atom is -0.357 e. The van der Waals surface area contributed by atoms with Crippen LogP contribution in [0.25, 0.3) is 10.9 Å². The second-order valence-electron chi connectivity index (χ2n) is 9.34. The van der Waals surface area contributed by atoms with Crippen molar-refractivity contribution >= 4 is 22.7 Å². The molecular formula is C27H28N6O2. The molecule has 2 N–H and O–H groups in total. The normalized spacial score (nSPS) is 16.3. The van der Waals surface area contributed by atoms with Crippen molar-refractivity contribution < 1.29 is 9.59 Å². The van der Waals surface area contributed by atoms with E-state index in [1.54, 1.807) is 4.90 Å². The topological polar surface area (TPSA) is 86.3 Å². The predicted molar refractivity (Wildman–Crippen MR) is 133 cm³/mol. The van der Waals surface area contributed by atoms with Crippen LogP contribution in [0, 0.1) is 0 Å². The van der Waals surface area contributed by atoms with E-state index < -0.39 is 0 Å². The number of benzene rings is 2. The molecule has 2 aliphatic heterocycles. The van der Waals surface area contributed by atoms with Gasteiger partial charge in [0.2, 0.25) is 5.91 Å². The third-order valence-electron chi connectivity index (χ3n) is 6.90. The molecule has 0 radical (unpaired) electrons. The number of aromatic nitrogens is 3. The number of aromatic amines is 1. The lowest BCUT2D eigenvalue weighted by Gasteiger charge is -2.29. The SMILES string of the molecule is O=C1CN(C(=O)c2nn(Cc3ccccc3)c3c2CN(Cc2cc4ccccc4[nH]2)CC3)CCN1. The van der Waals surface area contributed by atoms with E-state index in [0.717, 1.165) is 47.5 Å². The Morgan fingerprint density at radius 3 is 2.63 bits per heavy atom. The van der Waals surface area contributed by atoms with Crippen LogP contribution in [0.2, 0.25) is 0 Å². The van der Waals surface area contributed by atoms with Crippen molar-refractivity contribution in [2.24, 2.45) is 0 Å². The first kappa shape index (κ1) is 21.6. The molecule has 2 aliphatic rings. The summed E-state index contributed by atoms with van der Waals surface area (Å²) in [6.07, 6.45) is 0.823. The monoisotopic (exact) mass is 468 g/mol. The zero-order chi connectivity index (χ0) is 23.8. The molecule has 2 aromatic heterocycles. The molecule has 0 unspecified atom stereocenters. The van der Waals surface area contributed by atoms with Gasteiger partial charge in [0, 0.05) is 61.6 Å². The zero-order valence-corrected chi connectivity index (χ0v) is 19.5. The summed E-state index contributed by atoms with van der Waals surface area (Å²) in [6.45, 7) is 4.01. The highest BCUT2D eigenvalue weighted by atomic mass is 16.2. The van der Waals surface area contributed by atoms with Gasteiger partial charge in [-0.1, -0.05) is 48.5 Å². The number of piperazine rings is 1. The molecule has 8 nitrogen and oxygen atoms in total. The van der Waals surface area contributed by atoms with Gasteiger partial charge in [0.25, 0.3) is 5.91 Å². The number of carbonyl (C=O) groups is 2. The van der Waals surface area contributed by atoms with Crippen LogP contribution in [-0.4, -0.2) is 62.6 Å². The van der Waals surface area contributed by atoms with E-state index in [-0.39, 0.29) is 18.4 Å². The molecule has 1 saturated heterocycles. The molecular weight excluding hydrogens is 440 g/mol. The van der Waals surface area contributed by atoms with Crippen molar-refractivity contribution in [3.05, 3.63) is 88.9 Å². The minimum atomic E-state index is -0.157. The van der Waals surface area contributed by atoms with Gasteiger partial charge < -0.3 is 15.2 Å². The summed E-state index contributed by atoms with van der Waals surface area (Å²) in [7, 11) is 0. The number of carbonyl (C=O) groups excluding carboxylic acids is 2. The number of hydrogen-bond donors (Lipinski definition) is 2. The molecule has 0 aliphatic carbocycles. The first-order valence-electron chi connectivity index (χ1n) is 12.1. The molecule has 0 spiro atoms. The molecule has 6 rings (SSSR count). The molecule has 4 heterocycles. The van der Waals surface area contributed by atoms with Crippen LogP contribution in [0.5, 0.6) is 0 Å². The van der Waals surface area contributed by atoms with Crippen molar-refractivity contribution in [2.45, 2.75) is 26.1 Å². The fourth-order valence-corrected chi connectivity index (χ4v) is 5.16. The second-order valence-corrected chi connectivity index (χ2v) is 9.34. The summed E-state index contributed by atoms with van der Waals surface area (Å²) in [4.78, 5) is 32.9. The number of amides is 2. The van der Waals surface area contributed by atoms with Gasteiger partial charge in [0.05, 0.1) is 13.1 Å². The van der Waals surface area contributed by atoms with Gasteiger partial charge >= 0.3 is 0 Å². The zero-order valence-electron chi connectivity index (χ0n) is 19.5. The van der Waals surface area contributed by atoms with Gasteiger partial charge in [-0.25, -0.2) is 0 Å². The van der Waals surface area contributed by atoms with Gasteiger partial charge in [-0.2, -0.15) is 5.10 Å². The van der Waals surface area contributed by atoms with E-state index in [2.05, 4.69) is 45.5 Å². The Balaban J connectivity index is 1.30. The first-order valence-corrected chi connectivity index (χ1v) is 12.1. The second kappa shape index (κ2) is 9.03. The average Bonchev–Trinajstić information content (AvgIpc) is 3.45. The Kier molecular flexibility index (Phi) is 5.58. The Bertz CT molecular complexity index is 1360. The molecule has 2 amide bonds. The number of nitrogens with one attached hydrogen (secondary N) is 2. The lowest BCUT2D eigenvalue weighted by Crippen LogP contribution is -2.50. The number of H-pyrrole nitrogens is 1. The third-order valence-corrected chi connectivity index (χ3v) is 6.90. The van der Waals surface area contributed by atoms with E-state index >= 15 is 0 Å². The quantitative estimate of drug-likeness (QED) is 0.471. The summed E-state index contributed by atoms with van der Waals surface area (Å²) < 4.78 is 1.99. The summed E-state index contributed by atoms with van der Waals surface area (Å²) in [5, 5.41) is 8.82. The van der Waals surface area contributed by atoms with E-state index in [0.29, 0.717) is 31.9 Å². The van der Waals surface area contributed by atoms with E-state index in [9.17, 15) is 9.59 Å². The first-order chi connectivity index (χ1) is 17.1. The summed E-state index contributed by atoms with van der Waals surface area (Å²) in [6, 6.07) is 20.7. The smallest absolute Gasteiger partial charge is 0.275 e. The number of para-hydroxylation sites is 1. The fraction of sp³-hybridized carbons (Fsp3) is 0.296. The summed E-state index contributed by atoms with van der Waals surface area (Å²) in [5.74, 6) is -0.280. The lowest BCUT2D eigenvalue weighted by molar-refractivity contribution is -0.123. The van der Waals surface area contributed by atoms with Crippen molar-refractivity contribution in [3.63, 3.8) is 0 Å². The van der Waals surface area contributed by atoms with Gasteiger partial charge in [0.1, 0.15) is 0 Å². The van der Waals surface area contributed by atoms with Crippen LogP contribution in [0.15, 0.2) is 60.7 Å². The van der Waals surface area contributed by atoms with Gasteiger partial charge in [-0.15, -0.1) is 0 Å². The number of nitrogens with zero attached hydrogens (tertiary/aromatic N) is 4. The third kappa shape index (κ3) is 4.33. The minimum absolute atomic E-state index is 0.0813. The molecule has 0 saturated carbocycles. The molecule has 1 fully saturated rings. The molecule has 178 valence electrons. The van der Waals surface area contributed by atoms with Gasteiger partial charge in [-0.05, 0) is 23.1 Å². The number of rotatable bonds is 5. The fourth-order valence-electron chi connectivity index (χ4n) is 5.16.